The lowest BCUT2D eigenvalue weighted by Crippen LogP contribution is -2.74. The van der Waals surface area contributed by atoms with Crippen molar-refractivity contribution in [3.8, 4) is 11.5 Å². The van der Waals surface area contributed by atoms with Gasteiger partial charge in [-0.1, -0.05) is 6.07 Å². The molecule has 12 heteroatoms. The van der Waals surface area contributed by atoms with Crippen molar-refractivity contribution in [1.29, 1.82) is 0 Å². The lowest BCUT2D eigenvalue weighted by Gasteiger charge is -2.59. The largest absolute Gasteiger partial charge is 0.481 e. The number of aryl methyl sites for hydroxylation is 1. The van der Waals surface area contributed by atoms with Gasteiger partial charge in [0.25, 0.3) is 0 Å². The highest BCUT2D eigenvalue weighted by molar-refractivity contribution is 7.28. The molecule has 4 heterocycles. The van der Waals surface area contributed by atoms with Crippen molar-refractivity contribution in [2.24, 2.45) is 5.92 Å². The van der Waals surface area contributed by atoms with Crippen molar-refractivity contribution >= 4 is 49.8 Å². The Balaban J connectivity index is 1.19. The van der Waals surface area contributed by atoms with E-state index in [9.17, 15) is 23.9 Å². The minimum atomic E-state index is -1.23. The van der Waals surface area contributed by atoms with Gasteiger partial charge in [-0.15, -0.1) is 22.7 Å². The Labute approximate surface area is 254 Å². The van der Waals surface area contributed by atoms with Crippen molar-refractivity contribution in [3.63, 3.8) is 0 Å². The number of nitrogens with zero attached hydrogens (tertiary/aromatic N) is 1. The third-order valence-electron chi connectivity index (χ3n) is 9.88. The second-order valence-corrected chi connectivity index (χ2v) is 14.6. The number of carboxylic acids is 1. The second-order valence-electron chi connectivity index (χ2n) is 12.4. The first-order valence-electron chi connectivity index (χ1n) is 14.5. The molecule has 2 aliphatic carbocycles. The predicted octanol–water partition coefficient (Wildman–Crippen LogP) is 4.92. The number of piperidine rings is 1. The monoisotopic (exact) mass is 631 g/mol. The van der Waals surface area contributed by atoms with E-state index in [2.05, 4.69) is 4.90 Å². The summed E-state index contributed by atoms with van der Waals surface area (Å²) >= 11 is 1.48. The maximum Gasteiger partial charge on any atom is 0.316 e. The molecular formula is C31H31F2NO7S2. The van der Waals surface area contributed by atoms with Crippen LogP contribution in [0.4, 0.5) is 8.78 Å². The Kier molecular flexibility index (Phi) is 6.73. The molecule has 2 saturated carbocycles. The Bertz CT molecular complexity index is 1700. The van der Waals surface area contributed by atoms with Crippen LogP contribution in [0.15, 0.2) is 12.1 Å². The van der Waals surface area contributed by atoms with Gasteiger partial charge in [0.15, 0.2) is 35.0 Å². The van der Waals surface area contributed by atoms with Gasteiger partial charge in [-0.05, 0) is 63.6 Å². The van der Waals surface area contributed by atoms with Gasteiger partial charge in [0.05, 0.1) is 43.0 Å². The highest BCUT2D eigenvalue weighted by Gasteiger charge is 2.70. The Morgan fingerprint density at radius 1 is 1.12 bits per heavy atom. The Morgan fingerprint density at radius 2 is 1.79 bits per heavy atom. The molecule has 0 unspecified atom stereocenters. The van der Waals surface area contributed by atoms with Crippen LogP contribution < -0.4 is 9.47 Å². The molecule has 1 saturated heterocycles. The van der Waals surface area contributed by atoms with E-state index in [0.717, 1.165) is 34.8 Å². The maximum absolute atomic E-state index is 15.2. The Hall–Kier alpha value is -2.93. The highest BCUT2D eigenvalue weighted by Crippen LogP contribution is 2.62. The average molecular weight is 632 g/mol. The van der Waals surface area contributed by atoms with Gasteiger partial charge in [-0.25, -0.2) is 8.78 Å². The summed E-state index contributed by atoms with van der Waals surface area (Å²) in [5, 5.41) is 21.4. The van der Waals surface area contributed by atoms with Crippen LogP contribution in [0.5, 0.6) is 11.5 Å². The standard InChI is InChI=1S/C31H31F2NO7S2/c1-14-3-6-18(40-22(38)12-20-25(33)28-27(43-20)24(32)19(42-28)11-21(36)37)26-23(14)30-9-10-34(13-16-4-5-16)15(2)31(30,39)8-7-17(35)29(30)41-26/h3,6,15-16,29,39H,4-5,7-13H2,1-2H3,(H,36,37)/t15-,29+,30+,31-/m1/s1. The minimum absolute atomic E-state index is 0.0228. The van der Waals surface area contributed by atoms with E-state index in [0.29, 0.717) is 30.9 Å². The number of aliphatic hydroxyl groups is 1. The molecular weight excluding hydrogens is 600 g/mol. The van der Waals surface area contributed by atoms with Gasteiger partial charge in [0, 0.05) is 24.6 Å². The normalized spacial score (nSPS) is 28.3. The zero-order valence-corrected chi connectivity index (χ0v) is 25.3. The molecule has 2 N–H and O–H groups in total. The van der Waals surface area contributed by atoms with Gasteiger partial charge < -0.3 is 19.7 Å². The molecule has 4 aliphatic rings. The fourth-order valence-electron chi connectivity index (χ4n) is 7.59. The summed E-state index contributed by atoms with van der Waals surface area (Å²) in [6.45, 7) is 5.55. The average Bonchev–Trinajstić information content (AvgIpc) is 3.53. The quantitative estimate of drug-likeness (QED) is 0.279. The number of hydrogen-bond donors (Lipinski definition) is 2. The number of likely N-dealkylation sites (tertiary alicyclic amines) is 1. The molecule has 0 radical (unpaired) electrons. The van der Waals surface area contributed by atoms with Crippen molar-refractivity contribution < 1.29 is 42.9 Å². The fourth-order valence-corrected chi connectivity index (χ4v) is 10.0. The molecule has 4 atom stereocenters. The number of carbonyl (C=O) groups is 3. The van der Waals surface area contributed by atoms with Crippen molar-refractivity contribution in [3.05, 3.63) is 44.6 Å². The topological polar surface area (TPSA) is 113 Å². The summed E-state index contributed by atoms with van der Waals surface area (Å²) in [5.41, 5.74) is -0.705. The molecule has 0 bridgehead atoms. The van der Waals surface area contributed by atoms with E-state index < -0.39 is 53.5 Å². The molecule has 7 rings (SSSR count). The second kappa shape index (κ2) is 10.0. The smallest absolute Gasteiger partial charge is 0.316 e. The van der Waals surface area contributed by atoms with Crippen molar-refractivity contribution in [2.75, 3.05) is 13.1 Å². The Morgan fingerprint density at radius 3 is 2.44 bits per heavy atom. The van der Waals surface area contributed by atoms with Crippen LogP contribution in [0.3, 0.4) is 0 Å². The van der Waals surface area contributed by atoms with Crippen LogP contribution in [0.25, 0.3) is 9.40 Å². The summed E-state index contributed by atoms with van der Waals surface area (Å²) in [4.78, 5) is 39.7. The number of esters is 1. The van der Waals surface area contributed by atoms with Crippen LogP contribution in [-0.4, -0.2) is 63.7 Å². The molecule has 3 aromatic rings. The summed E-state index contributed by atoms with van der Waals surface area (Å²) < 4.78 is 41.9. The van der Waals surface area contributed by atoms with Gasteiger partial charge in [0.2, 0.25) is 0 Å². The first kappa shape index (κ1) is 28.8. The number of hydrogen-bond acceptors (Lipinski definition) is 9. The van der Waals surface area contributed by atoms with Crippen LogP contribution in [0, 0.1) is 24.5 Å². The zero-order chi connectivity index (χ0) is 30.4. The van der Waals surface area contributed by atoms with Gasteiger partial charge >= 0.3 is 11.9 Å². The van der Waals surface area contributed by atoms with Crippen LogP contribution in [0.2, 0.25) is 0 Å². The van der Waals surface area contributed by atoms with Crippen LogP contribution in [0.1, 0.15) is 59.9 Å². The van der Waals surface area contributed by atoms with Gasteiger partial charge in [-0.3, -0.25) is 19.3 Å². The number of thiophene rings is 2. The number of carbonyl (C=O) groups excluding carboxylic acids is 2. The number of ether oxygens (including phenoxy) is 2. The summed E-state index contributed by atoms with van der Waals surface area (Å²) in [6, 6.07) is 3.16. The number of fused-ring (bicyclic) bond motifs is 2. The van der Waals surface area contributed by atoms with E-state index >= 15 is 4.39 Å². The first-order chi connectivity index (χ1) is 20.4. The highest BCUT2D eigenvalue weighted by atomic mass is 32.1. The number of benzene rings is 1. The molecule has 43 heavy (non-hydrogen) atoms. The summed E-state index contributed by atoms with van der Waals surface area (Å²) in [7, 11) is 0. The minimum Gasteiger partial charge on any atom is -0.481 e. The zero-order valence-electron chi connectivity index (χ0n) is 23.7. The summed E-state index contributed by atoms with van der Waals surface area (Å²) in [6.07, 6.45) is 1.49. The number of carboxylic acid groups (broad SMARTS) is 1. The SMILES string of the molecule is Cc1ccc(OC(=O)Cc2sc3c(F)c(CC(=O)O)sc3c2F)c2c1[C@]13CCN(CC4CC4)[C@H](C)[C@]1(O)CCC(=O)[C@@H]3O2. The number of Topliss-reactive ketones (excluding diaryl/α,β-unsaturated/α-hetero) is 1. The van der Waals surface area contributed by atoms with E-state index in [1.54, 1.807) is 12.1 Å². The molecule has 2 aliphatic heterocycles. The molecule has 3 fully saturated rings. The van der Waals surface area contributed by atoms with Crippen molar-refractivity contribution in [1.82, 2.24) is 4.90 Å². The number of halogens is 2. The van der Waals surface area contributed by atoms with Crippen LogP contribution >= 0.6 is 22.7 Å². The van der Waals surface area contributed by atoms with E-state index in [1.807, 2.05) is 13.8 Å². The molecule has 2 aromatic heterocycles. The van der Waals surface area contributed by atoms with Crippen LogP contribution in [-0.2, 0) is 32.6 Å². The number of rotatable bonds is 7. The molecule has 1 spiro atoms. The van der Waals surface area contributed by atoms with Gasteiger partial charge in [0.1, 0.15) is 0 Å². The van der Waals surface area contributed by atoms with Gasteiger partial charge in [-0.2, -0.15) is 0 Å². The van der Waals surface area contributed by atoms with E-state index in [1.165, 1.54) is 12.8 Å². The van der Waals surface area contributed by atoms with E-state index in [4.69, 9.17) is 14.6 Å². The maximum atomic E-state index is 15.2. The van der Waals surface area contributed by atoms with Crippen molar-refractivity contribution in [2.45, 2.75) is 82.0 Å². The third kappa shape index (κ3) is 4.27. The lowest BCUT2D eigenvalue weighted by molar-refractivity contribution is -0.181. The number of aliphatic carboxylic acids is 1. The molecule has 8 nitrogen and oxygen atoms in total. The molecule has 1 aromatic carbocycles. The lowest BCUT2D eigenvalue weighted by atomic mass is 9.52. The number of ketones is 1. The summed E-state index contributed by atoms with van der Waals surface area (Å²) in [5.74, 6) is -2.67. The van der Waals surface area contributed by atoms with E-state index in [-0.39, 0.29) is 48.9 Å². The fraction of sp³-hybridized carbons (Fsp3) is 0.516. The third-order valence-corrected chi connectivity index (χ3v) is 12.3. The predicted molar refractivity (Wildman–Crippen MR) is 155 cm³/mol. The molecule has 228 valence electrons. The molecule has 0 amide bonds. The first-order valence-corrected chi connectivity index (χ1v) is 16.2.